The molecule has 146 valence electrons. The van der Waals surface area contributed by atoms with E-state index in [-0.39, 0.29) is 18.1 Å². The van der Waals surface area contributed by atoms with Crippen LogP contribution in [-0.2, 0) is 11.2 Å². The highest BCUT2D eigenvalue weighted by molar-refractivity contribution is 7.16. The number of aromatic nitrogens is 1. The van der Waals surface area contributed by atoms with Gasteiger partial charge in [-0.1, -0.05) is 43.7 Å². The number of carbonyl (C=O) groups excluding carboxylic acids is 1. The van der Waals surface area contributed by atoms with E-state index in [9.17, 15) is 14.3 Å². The summed E-state index contributed by atoms with van der Waals surface area (Å²) in [4.78, 5) is 17.9. The fourth-order valence-corrected chi connectivity index (χ4v) is 4.03. The summed E-state index contributed by atoms with van der Waals surface area (Å²) in [7, 11) is 0. The molecular formula is C22H23FN2O2S. The quantitative estimate of drug-likeness (QED) is 0.537. The number of amides is 1. The standard InChI is InChI=1S/C22H23FN2O2S/c1-2-6-19-21(16-9-11-17(23)12-10-16)25-22(28-19)24-20(27)14-13-18(26)15-7-4-3-5-8-15/h3-5,7-12,18,26H,2,6,13-14H2,1H3,(H,24,25,27)/t18-/m0/s1. The van der Waals surface area contributed by atoms with Crippen molar-refractivity contribution < 1.29 is 14.3 Å². The van der Waals surface area contributed by atoms with Crippen molar-refractivity contribution >= 4 is 22.4 Å². The molecule has 28 heavy (non-hydrogen) atoms. The van der Waals surface area contributed by atoms with Gasteiger partial charge in [0, 0.05) is 16.9 Å². The summed E-state index contributed by atoms with van der Waals surface area (Å²) in [5, 5.41) is 13.6. The van der Waals surface area contributed by atoms with Crippen LogP contribution < -0.4 is 5.32 Å². The molecule has 3 rings (SSSR count). The summed E-state index contributed by atoms with van der Waals surface area (Å²) in [6.45, 7) is 2.08. The highest BCUT2D eigenvalue weighted by atomic mass is 32.1. The molecule has 1 atom stereocenters. The third kappa shape index (κ3) is 5.24. The van der Waals surface area contributed by atoms with Gasteiger partial charge in [0.15, 0.2) is 5.13 Å². The van der Waals surface area contributed by atoms with Crippen molar-refractivity contribution in [3.63, 3.8) is 0 Å². The SMILES string of the molecule is CCCc1sc(NC(=O)CC[C@H](O)c2ccccc2)nc1-c1ccc(F)cc1. The molecule has 2 N–H and O–H groups in total. The van der Waals surface area contributed by atoms with Gasteiger partial charge in [-0.15, -0.1) is 11.3 Å². The van der Waals surface area contributed by atoms with E-state index < -0.39 is 6.10 Å². The minimum absolute atomic E-state index is 0.183. The average molecular weight is 399 g/mol. The molecule has 1 heterocycles. The monoisotopic (exact) mass is 398 g/mol. The number of aryl methyl sites for hydroxylation is 1. The van der Waals surface area contributed by atoms with Crippen molar-refractivity contribution in [3.05, 3.63) is 70.9 Å². The molecule has 2 aromatic carbocycles. The number of thiazole rings is 1. The van der Waals surface area contributed by atoms with E-state index in [0.29, 0.717) is 11.6 Å². The zero-order valence-corrected chi connectivity index (χ0v) is 16.5. The Morgan fingerprint density at radius 1 is 1.18 bits per heavy atom. The number of hydrogen-bond donors (Lipinski definition) is 2. The first kappa shape index (κ1) is 20.2. The van der Waals surface area contributed by atoms with E-state index in [0.717, 1.165) is 34.5 Å². The molecule has 0 bridgehead atoms. The summed E-state index contributed by atoms with van der Waals surface area (Å²) in [5.74, 6) is -0.473. The first-order valence-electron chi connectivity index (χ1n) is 9.35. The Labute approximate surface area is 168 Å². The zero-order valence-electron chi connectivity index (χ0n) is 15.7. The second kappa shape index (κ2) is 9.57. The van der Waals surface area contributed by atoms with Crippen molar-refractivity contribution in [3.8, 4) is 11.3 Å². The van der Waals surface area contributed by atoms with Crippen LogP contribution >= 0.6 is 11.3 Å². The zero-order chi connectivity index (χ0) is 19.9. The smallest absolute Gasteiger partial charge is 0.226 e. The van der Waals surface area contributed by atoms with Crippen LogP contribution in [0.2, 0.25) is 0 Å². The van der Waals surface area contributed by atoms with Crippen LogP contribution in [0.3, 0.4) is 0 Å². The van der Waals surface area contributed by atoms with Gasteiger partial charge in [0.05, 0.1) is 11.8 Å². The fourth-order valence-electron chi connectivity index (χ4n) is 2.93. The number of rotatable bonds is 8. The Balaban J connectivity index is 1.65. The van der Waals surface area contributed by atoms with Crippen LogP contribution in [0.1, 0.15) is 42.7 Å². The van der Waals surface area contributed by atoms with E-state index in [1.807, 2.05) is 30.3 Å². The summed E-state index contributed by atoms with van der Waals surface area (Å²) >= 11 is 1.44. The highest BCUT2D eigenvalue weighted by Crippen LogP contribution is 2.32. The van der Waals surface area contributed by atoms with Crippen molar-refractivity contribution in [1.82, 2.24) is 4.98 Å². The number of aliphatic hydroxyl groups is 1. The number of hydrogen-bond acceptors (Lipinski definition) is 4. The first-order chi connectivity index (χ1) is 13.6. The molecule has 0 aliphatic heterocycles. The van der Waals surface area contributed by atoms with E-state index in [2.05, 4.69) is 17.2 Å². The van der Waals surface area contributed by atoms with E-state index in [1.165, 1.54) is 23.5 Å². The third-order valence-corrected chi connectivity index (χ3v) is 5.40. The lowest BCUT2D eigenvalue weighted by molar-refractivity contribution is -0.116. The number of anilines is 1. The largest absolute Gasteiger partial charge is 0.388 e. The Morgan fingerprint density at radius 3 is 2.57 bits per heavy atom. The van der Waals surface area contributed by atoms with Crippen molar-refractivity contribution in [2.24, 2.45) is 0 Å². The number of carbonyl (C=O) groups is 1. The minimum atomic E-state index is -0.673. The van der Waals surface area contributed by atoms with E-state index in [1.54, 1.807) is 12.1 Å². The summed E-state index contributed by atoms with van der Waals surface area (Å²) < 4.78 is 13.2. The average Bonchev–Trinajstić information content (AvgIpc) is 3.10. The first-order valence-corrected chi connectivity index (χ1v) is 10.2. The van der Waals surface area contributed by atoms with Crippen LogP contribution in [0.5, 0.6) is 0 Å². The predicted octanol–water partition coefficient (Wildman–Crippen LogP) is 5.35. The molecule has 0 unspecified atom stereocenters. The van der Waals surface area contributed by atoms with Gasteiger partial charge in [-0.3, -0.25) is 4.79 Å². The fraction of sp³-hybridized carbons (Fsp3) is 0.273. The van der Waals surface area contributed by atoms with Gasteiger partial charge >= 0.3 is 0 Å². The van der Waals surface area contributed by atoms with Crippen molar-refractivity contribution in [1.29, 1.82) is 0 Å². The maximum Gasteiger partial charge on any atom is 0.226 e. The molecule has 1 amide bonds. The van der Waals surface area contributed by atoms with Gasteiger partial charge in [0.25, 0.3) is 0 Å². The molecule has 0 radical (unpaired) electrons. The minimum Gasteiger partial charge on any atom is -0.388 e. The Bertz CT molecular complexity index is 910. The van der Waals surface area contributed by atoms with Crippen LogP contribution in [0.25, 0.3) is 11.3 Å². The maximum atomic E-state index is 13.2. The number of halogens is 1. The van der Waals surface area contributed by atoms with Crippen molar-refractivity contribution in [2.45, 2.75) is 38.7 Å². The van der Waals surface area contributed by atoms with Crippen LogP contribution in [0, 0.1) is 5.82 Å². The summed E-state index contributed by atoms with van der Waals surface area (Å²) in [5.41, 5.74) is 2.42. The van der Waals surface area contributed by atoms with E-state index >= 15 is 0 Å². The predicted molar refractivity (Wildman–Crippen MR) is 111 cm³/mol. The number of benzene rings is 2. The summed E-state index contributed by atoms with van der Waals surface area (Å²) in [6, 6.07) is 15.5. The lowest BCUT2D eigenvalue weighted by atomic mass is 10.1. The van der Waals surface area contributed by atoms with E-state index in [4.69, 9.17) is 0 Å². The molecule has 0 spiro atoms. The van der Waals surface area contributed by atoms with Gasteiger partial charge in [0.2, 0.25) is 5.91 Å². The number of nitrogens with one attached hydrogen (secondary N) is 1. The molecule has 6 heteroatoms. The molecule has 1 aromatic heterocycles. The Hall–Kier alpha value is -2.57. The molecular weight excluding hydrogens is 375 g/mol. The van der Waals surface area contributed by atoms with Crippen LogP contribution in [-0.4, -0.2) is 16.0 Å². The molecule has 0 fully saturated rings. The molecule has 0 aliphatic rings. The topological polar surface area (TPSA) is 62.2 Å². The highest BCUT2D eigenvalue weighted by Gasteiger charge is 2.16. The Kier molecular flexibility index (Phi) is 6.90. The second-order valence-electron chi connectivity index (χ2n) is 6.56. The van der Waals surface area contributed by atoms with Gasteiger partial charge < -0.3 is 10.4 Å². The summed E-state index contributed by atoms with van der Waals surface area (Å²) in [6.07, 6.45) is 1.66. The third-order valence-electron chi connectivity index (χ3n) is 4.37. The normalized spacial score (nSPS) is 12.0. The van der Waals surface area contributed by atoms with Gasteiger partial charge in [-0.05, 0) is 42.7 Å². The van der Waals surface area contributed by atoms with Crippen LogP contribution in [0.15, 0.2) is 54.6 Å². The van der Waals surface area contributed by atoms with Gasteiger partial charge in [-0.2, -0.15) is 0 Å². The molecule has 0 saturated carbocycles. The maximum absolute atomic E-state index is 13.2. The van der Waals surface area contributed by atoms with Crippen molar-refractivity contribution in [2.75, 3.05) is 5.32 Å². The van der Waals surface area contributed by atoms with Crippen LogP contribution in [0.4, 0.5) is 9.52 Å². The number of nitrogens with zero attached hydrogens (tertiary/aromatic N) is 1. The lowest BCUT2D eigenvalue weighted by Crippen LogP contribution is -2.12. The molecule has 4 nitrogen and oxygen atoms in total. The molecule has 0 aliphatic carbocycles. The van der Waals surface area contributed by atoms with Gasteiger partial charge in [-0.25, -0.2) is 9.37 Å². The molecule has 3 aromatic rings. The Morgan fingerprint density at radius 2 is 1.89 bits per heavy atom. The van der Waals surface area contributed by atoms with Gasteiger partial charge in [0.1, 0.15) is 5.82 Å². The molecule has 0 saturated heterocycles. The number of aliphatic hydroxyl groups excluding tert-OH is 1. The second-order valence-corrected chi connectivity index (χ2v) is 7.64. The lowest BCUT2D eigenvalue weighted by Gasteiger charge is -2.10.